The van der Waals surface area contributed by atoms with Crippen molar-refractivity contribution in [2.24, 2.45) is 17.8 Å². The predicted octanol–water partition coefficient (Wildman–Crippen LogP) is 8.28. The van der Waals surface area contributed by atoms with Crippen LogP contribution in [0.5, 0.6) is 0 Å². The second kappa shape index (κ2) is 51.9. The lowest BCUT2D eigenvalue weighted by Crippen LogP contribution is -2.42. The summed E-state index contributed by atoms with van der Waals surface area (Å²) < 4.78 is 20.7. The van der Waals surface area contributed by atoms with Crippen LogP contribution in [0.2, 0.25) is 0 Å². The van der Waals surface area contributed by atoms with E-state index in [0.717, 1.165) is 51.4 Å². The van der Waals surface area contributed by atoms with E-state index in [1.165, 1.54) is 70.6 Å². The Hall–Kier alpha value is -4.53. The third-order valence-electron chi connectivity index (χ3n) is 13.7. The molecule has 1 aliphatic rings. The summed E-state index contributed by atoms with van der Waals surface area (Å²) >= 11 is 0. The highest BCUT2D eigenvalue weighted by molar-refractivity contribution is 5.86. The summed E-state index contributed by atoms with van der Waals surface area (Å²) in [5.41, 5.74) is 0. The maximum Gasteiger partial charge on any atom is 0.326 e. The van der Waals surface area contributed by atoms with Crippen molar-refractivity contribution >= 4 is 53.1 Å². The largest absolute Gasteiger partial charge is 0.481 e. The van der Waals surface area contributed by atoms with E-state index in [9.17, 15) is 48.3 Å². The normalized spacial score (nSPS) is 14.8. The number of carbonyl (C=O) groups excluding carboxylic acids is 6. The van der Waals surface area contributed by atoms with E-state index in [4.69, 9.17) is 29.2 Å². The summed E-state index contributed by atoms with van der Waals surface area (Å²) in [6.45, 7) is 6.84. The topological polar surface area (TPSA) is 299 Å². The Morgan fingerprint density at radius 3 is 1.59 bits per heavy atom. The van der Waals surface area contributed by atoms with Gasteiger partial charge in [-0.15, -0.1) is 0 Å². The van der Waals surface area contributed by atoms with Gasteiger partial charge in [0.15, 0.2) is 5.78 Å². The molecule has 0 heterocycles. The van der Waals surface area contributed by atoms with Crippen LogP contribution in [0.15, 0.2) is 0 Å². The highest BCUT2D eigenvalue weighted by atomic mass is 16.5. The van der Waals surface area contributed by atoms with Gasteiger partial charge in [-0.05, 0) is 83.0 Å². The van der Waals surface area contributed by atoms with Crippen LogP contribution < -0.4 is 21.3 Å². The van der Waals surface area contributed by atoms with E-state index in [-0.39, 0.29) is 94.0 Å². The number of Topliss-reactive ketones (excluding diaryl/α,β-unsaturated/α-hetero) is 2. The summed E-state index contributed by atoms with van der Waals surface area (Å²) in [4.78, 5) is 105. The molecule has 1 fully saturated rings. The maximum atomic E-state index is 13.0. The Bertz CT molecular complexity index is 1630. The molecular weight excluding hydrogens is 1010 g/mol. The number of carboxylic acid groups (broad SMARTS) is 3. The molecule has 0 aromatic rings. The van der Waals surface area contributed by atoms with Crippen molar-refractivity contribution in [3.8, 4) is 0 Å². The lowest BCUT2D eigenvalue weighted by Gasteiger charge is -2.28. The van der Waals surface area contributed by atoms with E-state index in [1.54, 1.807) is 14.0 Å². The van der Waals surface area contributed by atoms with Crippen LogP contribution in [0.3, 0.4) is 0 Å². The Balaban J connectivity index is 0.00000236. The Labute approximate surface area is 466 Å². The van der Waals surface area contributed by atoms with Crippen molar-refractivity contribution in [3.63, 3.8) is 0 Å². The van der Waals surface area contributed by atoms with Gasteiger partial charge in [-0.3, -0.25) is 38.4 Å². The average molecular weight is 1110 g/mol. The van der Waals surface area contributed by atoms with Crippen molar-refractivity contribution in [1.29, 1.82) is 0 Å². The van der Waals surface area contributed by atoms with E-state index in [0.29, 0.717) is 96.4 Å². The third-order valence-corrected chi connectivity index (χ3v) is 13.7. The second-order valence-corrected chi connectivity index (χ2v) is 20.7. The van der Waals surface area contributed by atoms with Crippen LogP contribution in [0.4, 0.5) is 0 Å². The molecule has 1 rings (SSSR count). The number of methoxy groups -OCH3 is 1. The first kappa shape index (κ1) is 73.5. The monoisotopic (exact) mass is 1110 g/mol. The zero-order valence-corrected chi connectivity index (χ0v) is 48.2. The van der Waals surface area contributed by atoms with Gasteiger partial charge in [0.2, 0.25) is 23.6 Å². The fourth-order valence-electron chi connectivity index (χ4n) is 8.97. The van der Waals surface area contributed by atoms with Crippen LogP contribution in [0.25, 0.3) is 0 Å². The first-order valence-electron chi connectivity index (χ1n) is 29.7. The lowest BCUT2D eigenvalue weighted by molar-refractivity contribution is -0.145. The molecule has 0 bridgehead atoms. The molecule has 4 amide bonds. The average Bonchev–Trinajstić information content (AvgIpc) is 3.41. The van der Waals surface area contributed by atoms with E-state index in [2.05, 4.69) is 21.3 Å². The van der Waals surface area contributed by atoms with Crippen molar-refractivity contribution in [1.82, 2.24) is 21.3 Å². The number of rotatable bonds is 52. The van der Waals surface area contributed by atoms with Crippen LogP contribution >= 0.6 is 0 Å². The predicted molar refractivity (Wildman–Crippen MR) is 298 cm³/mol. The minimum atomic E-state index is -1.07. The number of unbranched alkanes of at least 4 members (excludes halogenated alkanes) is 16. The number of nitrogens with one attached hydrogen (secondary N) is 4. The molecule has 452 valence electrons. The van der Waals surface area contributed by atoms with Crippen molar-refractivity contribution < 1.29 is 77.4 Å². The summed E-state index contributed by atoms with van der Waals surface area (Å²) in [5, 5.41) is 38.4. The SMILES string of the molecule is CCCOCC(=O)NC(CCCCNC(=O)CC)C(=O)O.COCCCC(=O)COCCOCCNC(=O)CCC(CC(=O)C1CCC(CNC(=O)CCCCCCCCCCCCCCCCCCC(=O)O)CC1)C(=O)O. The van der Waals surface area contributed by atoms with Gasteiger partial charge in [0.05, 0.1) is 25.7 Å². The van der Waals surface area contributed by atoms with Gasteiger partial charge >= 0.3 is 17.9 Å². The summed E-state index contributed by atoms with van der Waals surface area (Å²) in [6.07, 6.45) is 26.8. The van der Waals surface area contributed by atoms with Gasteiger partial charge in [0.25, 0.3) is 0 Å². The molecule has 1 aliphatic carbocycles. The molecule has 7 N–H and O–H groups in total. The van der Waals surface area contributed by atoms with Crippen LogP contribution in [0, 0.1) is 17.8 Å². The number of aliphatic carboxylic acids is 3. The minimum absolute atomic E-state index is 0.00889. The number of hydrogen-bond donors (Lipinski definition) is 7. The Kier molecular flexibility index (Phi) is 48.9. The van der Waals surface area contributed by atoms with Crippen molar-refractivity contribution in [2.75, 3.05) is 73.0 Å². The van der Waals surface area contributed by atoms with Crippen LogP contribution in [0.1, 0.15) is 219 Å². The number of ether oxygens (including phenoxy) is 4. The van der Waals surface area contributed by atoms with E-state index in [1.807, 2.05) is 6.92 Å². The van der Waals surface area contributed by atoms with Gasteiger partial charge in [-0.2, -0.15) is 0 Å². The maximum absolute atomic E-state index is 13.0. The molecule has 0 aromatic carbocycles. The number of carboxylic acids is 3. The molecule has 0 aromatic heterocycles. The smallest absolute Gasteiger partial charge is 0.326 e. The molecular formula is C58H104N4O16. The zero-order chi connectivity index (χ0) is 57.9. The Morgan fingerprint density at radius 1 is 0.487 bits per heavy atom. The number of carbonyl (C=O) groups is 9. The molecule has 1 saturated carbocycles. The van der Waals surface area contributed by atoms with Gasteiger partial charge < -0.3 is 55.5 Å². The summed E-state index contributed by atoms with van der Waals surface area (Å²) in [7, 11) is 1.59. The summed E-state index contributed by atoms with van der Waals surface area (Å²) in [5.74, 6) is -4.25. The van der Waals surface area contributed by atoms with Gasteiger partial charge in [0, 0.05) is 84.4 Å². The zero-order valence-electron chi connectivity index (χ0n) is 48.2. The van der Waals surface area contributed by atoms with E-state index < -0.39 is 35.8 Å². The standard InChI is InChI=1S/C44H78N2O11.C14H26N2O5/c1-55-29-18-19-39(47)35-57-32-31-56-30-28-45-42(50)27-26-38(44(53)54)33-40(48)37-24-22-36(23-25-37)34-46-41(49)20-16-14-12-10-8-6-4-2-3-5-7-9-11-13-15-17-21-43(51)52;1-3-9-21-10-13(18)16-11(14(19)20)7-5-6-8-15-12(17)4-2/h36-38H,2-35H2,1H3,(H,45,50)(H,46,49)(H,51,52)(H,53,54);11H,3-10H2,1-2H3,(H,15,17)(H,16,18)(H,19,20). The van der Waals surface area contributed by atoms with Crippen LogP contribution in [-0.2, 0) is 62.1 Å². The molecule has 2 unspecified atom stereocenters. The first-order valence-corrected chi connectivity index (χ1v) is 29.7. The molecule has 20 heteroatoms. The van der Waals surface area contributed by atoms with Gasteiger partial charge in [-0.1, -0.05) is 104 Å². The number of amides is 4. The third kappa shape index (κ3) is 46.4. The fraction of sp³-hybridized carbons (Fsp3) is 0.845. The quantitative estimate of drug-likeness (QED) is 0.0282. The van der Waals surface area contributed by atoms with Crippen LogP contribution in [-0.4, -0.2) is 147 Å². The lowest BCUT2D eigenvalue weighted by atomic mass is 9.78. The van der Waals surface area contributed by atoms with Crippen molar-refractivity contribution in [2.45, 2.75) is 225 Å². The van der Waals surface area contributed by atoms with Gasteiger partial charge in [0.1, 0.15) is 25.0 Å². The number of hydrogen-bond acceptors (Lipinski definition) is 13. The van der Waals surface area contributed by atoms with Crippen molar-refractivity contribution in [3.05, 3.63) is 0 Å². The first-order chi connectivity index (χ1) is 37.6. The molecule has 78 heavy (non-hydrogen) atoms. The molecule has 2 atom stereocenters. The minimum Gasteiger partial charge on any atom is -0.481 e. The second-order valence-electron chi connectivity index (χ2n) is 20.7. The Morgan fingerprint density at radius 2 is 1.04 bits per heavy atom. The summed E-state index contributed by atoms with van der Waals surface area (Å²) in [6, 6.07) is -0.912. The molecule has 0 spiro atoms. The molecule has 0 saturated heterocycles. The molecule has 20 nitrogen and oxygen atoms in total. The number of ketones is 2. The molecule has 0 aliphatic heterocycles. The molecule has 0 radical (unpaired) electrons. The highest BCUT2D eigenvalue weighted by Gasteiger charge is 2.30. The van der Waals surface area contributed by atoms with E-state index >= 15 is 0 Å². The fourth-order valence-corrected chi connectivity index (χ4v) is 8.97. The highest BCUT2D eigenvalue weighted by Crippen LogP contribution is 2.31. The van der Waals surface area contributed by atoms with Gasteiger partial charge in [-0.25, -0.2) is 4.79 Å².